The van der Waals surface area contributed by atoms with E-state index in [0.717, 1.165) is 16.7 Å². The Labute approximate surface area is 168 Å². The average molecular weight is 394 g/mol. The Morgan fingerprint density at radius 3 is 2.46 bits per heavy atom. The van der Waals surface area contributed by atoms with Gasteiger partial charge in [0.05, 0.1) is 11.1 Å². The predicted octanol–water partition coefficient (Wildman–Crippen LogP) is 4.53. The lowest BCUT2D eigenvalue weighted by Gasteiger charge is -2.10. The first kappa shape index (κ1) is 19.6. The molecule has 3 aromatic rings. The van der Waals surface area contributed by atoms with Crippen molar-refractivity contribution in [2.45, 2.75) is 20.4 Å². The van der Waals surface area contributed by atoms with E-state index in [9.17, 15) is 9.59 Å². The molecule has 0 saturated heterocycles. The fourth-order valence-electron chi connectivity index (χ4n) is 2.72. The lowest BCUT2D eigenvalue weighted by molar-refractivity contribution is 0.0950. The molecule has 0 spiro atoms. The van der Waals surface area contributed by atoms with Gasteiger partial charge in [0.25, 0.3) is 11.8 Å². The molecule has 1 heterocycles. The molecule has 0 saturated carbocycles. The monoisotopic (exact) mass is 393 g/mol. The predicted molar refractivity (Wildman–Crippen MR) is 111 cm³/mol. The minimum absolute atomic E-state index is 0.289. The van der Waals surface area contributed by atoms with Gasteiger partial charge in [-0.3, -0.25) is 14.6 Å². The van der Waals surface area contributed by atoms with E-state index in [1.165, 1.54) is 18.5 Å². The first-order chi connectivity index (χ1) is 13.4. The van der Waals surface area contributed by atoms with Crippen molar-refractivity contribution in [3.8, 4) is 0 Å². The van der Waals surface area contributed by atoms with Crippen molar-refractivity contribution in [3.05, 3.63) is 93.8 Å². The number of anilines is 1. The third-order valence-electron chi connectivity index (χ3n) is 4.25. The van der Waals surface area contributed by atoms with Crippen molar-refractivity contribution in [2.75, 3.05) is 5.32 Å². The third-order valence-corrected chi connectivity index (χ3v) is 4.48. The molecule has 0 aliphatic rings. The number of hydrogen-bond acceptors (Lipinski definition) is 3. The van der Waals surface area contributed by atoms with E-state index in [2.05, 4.69) is 15.6 Å². The smallest absolute Gasteiger partial charge is 0.257 e. The molecule has 2 aromatic carbocycles. The molecular formula is C22H20ClN3O2. The Bertz CT molecular complexity index is 1030. The summed E-state index contributed by atoms with van der Waals surface area (Å²) in [7, 11) is 0. The number of carbonyl (C=O) groups excluding carboxylic acids is 2. The number of benzene rings is 2. The zero-order valence-electron chi connectivity index (χ0n) is 15.6. The van der Waals surface area contributed by atoms with Gasteiger partial charge in [-0.2, -0.15) is 0 Å². The van der Waals surface area contributed by atoms with Crippen molar-refractivity contribution in [1.82, 2.24) is 10.3 Å². The van der Waals surface area contributed by atoms with Crippen molar-refractivity contribution in [3.63, 3.8) is 0 Å². The first-order valence-corrected chi connectivity index (χ1v) is 9.16. The second kappa shape index (κ2) is 8.67. The van der Waals surface area contributed by atoms with Gasteiger partial charge in [0, 0.05) is 29.6 Å². The van der Waals surface area contributed by atoms with Gasteiger partial charge >= 0.3 is 0 Å². The molecule has 3 rings (SSSR count). The minimum atomic E-state index is -0.355. The zero-order valence-corrected chi connectivity index (χ0v) is 16.4. The van der Waals surface area contributed by atoms with Crippen LogP contribution in [-0.4, -0.2) is 16.8 Å². The van der Waals surface area contributed by atoms with E-state index in [-0.39, 0.29) is 11.8 Å². The van der Waals surface area contributed by atoms with E-state index < -0.39 is 0 Å². The van der Waals surface area contributed by atoms with Crippen molar-refractivity contribution in [1.29, 1.82) is 0 Å². The number of nitrogens with one attached hydrogen (secondary N) is 2. The molecule has 0 unspecified atom stereocenters. The Morgan fingerprint density at radius 1 is 0.964 bits per heavy atom. The lowest BCUT2D eigenvalue weighted by atomic mass is 10.1. The summed E-state index contributed by atoms with van der Waals surface area (Å²) in [6.07, 6.45) is 2.86. The summed E-state index contributed by atoms with van der Waals surface area (Å²) >= 11 is 5.99. The molecule has 0 radical (unpaired) electrons. The summed E-state index contributed by atoms with van der Waals surface area (Å²) in [5, 5.41) is 6.18. The van der Waals surface area contributed by atoms with Gasteiger partial charge < -0.3 is 10.6 Å². The molecule has 0 aliphatic carbocycles. The number of amides is 2. The van der Waals surface area contributed by atoms with E-state index in [1.54, 1.807) is 12.1 Å². The molecule has 6 heteroatoms. The van der Waals surface area contributed by atoms with E-state index in [0.29, 0.717) is 28.4 Å². The number of nitrogens with zero attached hydrogens (tertiary/aromatic N) is 1. The third kappa shape index (κ3) is 4.96. The topological polar surface area (TPSA) is 71.1 Å². The van der Waals surface area contributed by atoms with Crippen LogP contribution < -0.4 is 10.6 Å². The summed E-state index contributed by atoms with van der Waals surface area (Å²) in [6, 6.07) is 14.7. The molecule has 2 amide bonds. The van der Waals surface area contributed by atoms with Gasteiger partial charge in [-0.25, -0.2) is 0 Å². The van der Waals surface area contributed by atoms with Crippen molar-refractivity contribution in [2.24, 2.45) is 0 Å². The summed E-state index contributed by atoms with van der Waals surface area (Å²) in [5.41, 5.74) is 4.25. The Morgan fingerprint density at radius 2 is 1.71 bits per heavy atom. The molecule has 0 fully saturated rings. The highest BCUT2D eigenvalue weighted by Crippen LogP contribution is 2.21. The Balaban J connectivity index is 1.69. The van der Waals surface area contributed by atoms with Crippen LogP contribution in [0.4, 0.5) is 5.69 Å². The van der Waals surface area contributed by atoms with Crippen LogP contribution in [0, 0.1) is 13.8 Å². The van der Waals surface area contributed by atoms with Crippen LogP contribution in [0.15, 0.2) is 60.9 Å². The van der Waals surface area contributed by atoms with Crippen LogP contribution in [0.2, 0.25) is 5.02 Å². The van der Waals surface area contributed by atoms with Gasteiger partial charge in [0.1, 0.15) is 0 Å². The largest absolute Gasteiger partial charge is 0.348 e. The summed E-state index contributed by atoms with van der Waals surface area (Å²) in [6.45, 7) is 4.27. The first-order valence-electron chi connectivity index (χ1n) is 8.78. The summed E-state index contributed by atoms with van der Waals surface area (Å²) in [5.74, 6) is -0.645. The van der Waals surface area contributed by atoms with E-state index in [4.69, 9.17) is 11.6 Å². The van der Waals surface area contributed by atoms with Gasteiger partial charge in [0.15, 0.2) is 0 Å². The number of pyridine rings is 1. The van der Waals surface area contributed by atoms with Gasteiger partial charge in [-0.05, 0) is 43.2 Å². The van der Waals surface area contributed by atoms with Crippen LogP contribution in [0.5, 0.6) is 0 Å². The van der Waals surface area contributed by atoms with E-state index in [1.807, 2.05) is 44.2 Å². The minimum Gasteiger partial charge on any atom is -0.348 e. The highest BCUT2D eigenvalue weighted by atomic mass is 35.5. The molecular weight excluding hydrogens is 374 g/mol. The molecule has 0 bridgehead atoms. The standard InChI is InChI=1S/C22H20ClN3O2/c1-14-4-3-5-16(8-14)11-25-21(27)17-9-18(13-24-12-17)22(28)26-20-10-19(23)7-6-15(20)2/h3-10,12-13H,11H2,1-2H3,(H,25,27)(H,26,28). The van der Waals surface area contributed by atoms with Crippen LogP contribution in [0.25, 0.3) is 0 Å². The van der Waals surface area contributed by atoms with E-state index >= 15 is 0 Å². The second-order valence-corrected chi connectivity index (χ2v) is 6.98. The molecule has 0 aliphatic heterocycles. The zero-order chi connectivity index (χ0) is 20.1. The van der Waals surface area contributed by atoms with Crippen molar-refractivity contribution >= 4 is 29.1 Å². The number of rotatable bonds is 5. The Hall–Kier alpha value is -3.18. The molecule has 0 atom stereocenters. The maximum absolute atomic E-state index is 12.5. The average Bonchev–Trinajstić information content (AvgIpc) is 2.69. The normalized spacial score (nSPS) is 10.4. The van der Waals surface area contributed by atoms with Crippen LogP contribution in [0.1, 0.15) is 37.4 Å². The number of aryl methyl sites for hydroxylation is 2. The van der Waals surface area contributed by atoms with Crippen LogP contribution in [0.3, 0.4) is 0 Å². The molecule has 28 heavy (non-hydrogen) atoms. The highest BCUT2D eigenvalue weighted by molar-refractivity contribution is 6.31. The summed E-state index contributed by atoms with van der Waals surface area (Å²) < 4.78 is 0. The van der Waals surface area contributed by atoms with Crippen LogP contribution >= 0.6 is 11.6 Å². The molecule has 142 valence electrons. The maximum Gasteiger partial charge on any atom is 0.257 e. The summed E-state index contributed by atoms with van der Waals surface area (Å²) in [4.78, 5) is 29.0. The Kier molecular flexibility index (Phi) is 6.06. The van der Waals surface area contributed by atoms with Crippen molar-refractivity contribution < 1.29 is 9.59 Å². The quantitative estimate of drug-likeness (QED) is 0.668. The number of halogens is 1. The number of aromatic nitrogens is 1. The van der Waals surface area contributed by atoms with Gasteiger partial charge in [-0.15, -0.1) is 0 Å². The molecule has 5 nitrogen and oxygen atoms in total. The number of carbonyl (C=O) groups is 2. The molecule has 2 N–H and O–H groups in total. The SMILES string of the molecule is Cc1cccc(CNC(=O)c2cncc(C(=O)Nc3cc(Cl)ccc3C)c2)c1. The molecule has 1 aromatic heterocycles. The number of hydrogen-bond donors (Lipinski definition) is 2. The highest BCUT2D eigenvalue weighted by Gasteiger charge is 2.13. The van der Waals surface area contributed by atoms with Crippen LogP contribution in [-0.2, 0) is 6.54 Å². The fourth-order valence-corrected chi connectivity index (χ4v) is 2.89. The fraction of sp³-hybridized carbons (Fsp3) is 0.136. The van der Waals surface area contributed by atoms with Gasteiger partial charge in [0.2, 0.25) is 0 Å². The van der Waals surface area contributed by atoms with Gasteiger partial charge in [-0.1, -0.05) is 47.5 Å². The second-order valence-electron chi connectivity index (χ2n) is 6.55. The lowest BCUT2D eigenvalue weighted by Crippen LogP contribution is -2.23. The maximum atomic E-state index is 12.5.